The second-order valence-corrected chi connectivity index (χ2v) is 3.21. The maximum absolute atomic E-state index is 11.2. The lowest BCUT2D eigenvalue weighted by Crippen LogP contribution is -2.38. The number of aliphatic imine (C=N–C) groups is 1. The van der Waals surface area contributed by atoms with Crippen molar-refractivity contribution in [3.63, 3.8) is 0 Å². The summed E-state index contributed by atoms with van der Waals surface area (Å²) in [6.45, 7) is 0. The van der Waals surface area contributed by atoms with Gasteiger partial charge < -0.3 is 4.74 Å². The van der Waals surface area contributed by atoms with Gasteiger partial charge in [-0.05, 0) is 25.7 Å². The molecule has 3 heteroatoms. The average molecular weight is 153 g/mol. The van der Waals surface area contributed by atoms with Crippen molar-refractivity contribution in [1.82, 2.24) is 0 Å². The third kappa shape index (κ3) is 0.951. The third-order valence-corrected chi connectivity index (χ3v) is 2.50. The first-order valence-corrected chi connectivity index (χ1v) is 4.08. The molecular formula is C8H11NO2. The van der Waals surface area contributed by atoms with Gasteiger partial charge in [-0.1, -0.05) is 6.42 Å². The second kappa shape index (κ2) is 2.32. The van der Waals surface area contributed by atoms with Gasteiger partial charge >= 0.3 is 0 Å². The molecule has 11 heavy (non-hydrogen) atoms. The maximum atomic E-state index is 11.2. The van der Waals surface area contributed by atoms with E-state index in [-0.39, 0.29) is 5.91 Å². The fourth-order valence-electron chi connectivity index (χ4n) is 1.80. The highest BCUT2D eigenvalue weighted by Crippen LogP contribution is 2.34. The first-order chi connectivity index (χ1) is 5.33. The lowest BCUT2D eigenvalue weighted by Gasteiger charge is -2.28. The predicted octanol–water partition coefficient (Wildman–Crippen LogP) is 1.27. The highest BCUT2D eigenvalue weighted by atomic mass is 16.5. The van der Waals surface area contributed by atoms with Crippen molar-refractivity contribution in [2.75, 3.05) is 0 Å². The van der Waals surface area contributed by atoms with Gasteiger partial charge in [0.25, 0.3) is 5.91 Å². The van der Waals surface area contributed by atoms with Crippen molar-refractivity contribution < 1.29 is 9.53 Å². The summed E-state index contributed by atoms with van der Waals surface area (Å²) in [5.41, 5.74) is -0.530. The molecule has 0 radical (unpaired) electrons. The van der Waals surface area contributed by atoms with Gasteiger partial charge in [-0.15, -0.1) is 0 Å². The Morgan fingerprint density at radius 2 is 2.09 bits per heavy atom. The van der Waals surface area contributed by atoms with E-state index in [4.69, 9.17) is 4.74 Å². The van der Waals surface area contributed by atoms with Crippen LogP contribution in [0.3, 0.4) is 0 Å². The van der Waals surface area contributed by atoms with Crippen LogP contribution in [0.5, 0.6) is 0 Å². The first kappa shape index (κ1) is 6.83. The highest BCUT2D eigenvalue weighted by molar-refractivity contribution is 5.95. The minimum atomic E-state index is -0.530. The second-order valence-electron chi connectivity index (χ2n) is 3.21. The molecule has 0 unspecified atom stereocenters. The number of ether oxygens (including phenoxy) is 1. The van der Waals surface area contributed by atoms with Gasteiger partial charge in [0.1, 0.15) is 0 Å². The molecule has 1 saturated carbocycles. The van der Waals surface area contributed by atoms with E-state index in [9.17, 15) is 4.79 Å². The van der Waals surface area contributed by atoms with Crippen LogP contribution in [0.15, 0.2) is 4.99 Å². The van der Waals surface area contributed by atoms with Gasteiger partial charge in [-0.3, -0.25) is 4.79 Å². The van der Waals surface area contributed by atoms with Crippen molar-refractivity contribution in [2.24, 2.45) is 4.99 Å². The molecule has 1 aliphatic carbocycles. The van der Waals surface area contributed by atoms with Crippen LogP contribution in [-0.2, 0) is 9.53 Å². The normalized spacial score (nSPS) is 27.5. The molecule has 1 spiro atoms. The fourth-order valence-corrected chi connectivity index (χ4v) is 1.80. The number of carbonyl (C=O) groups is 1. The highest BCUT2D eigenvalue weighted by Gasteiger charge is 2.43. The van der Waals surface area contributed by atoms with Gasteiger partial charge in [0.05, 0.1) is 0 Å². The molecule has 2 rings (SSSR count). The molecule has 60 valence electrons. The SMILES string of the molecule is O=C1N=COC12CCCCC2. The zero-order valence-corrected chi connectivity index (χ0v) is 6.38. The molecule has 0 aromatic carbocycles. The largest absolute Gasteiger partial charge is 0.467 e. The molecule has 1 aliphatic heterocycles. The quantitative estimate of drug-likeness (QED) is 0.525. The Morgan fingerprint density at radius 1 is 1.36 bits per heavy atom. The minimum absolute atomic E-state index is 0.0720. The van der Waals surface area contributed by atoms with Crippen molar-refractivity contribution in [2.45, 2.75) is 37.7 Å². The van der Waals surface area contributed by atoms with E-state index in [1.165, 1.54) is 12.8 Å². The van der Waals surface area contributed by atoms with Crippen molar-refractivity contribution >= 4 is 12.3 Å². The molecule has 0 atom stereocenters. The number of carbonyl (C=O) groups excluding carboxylic acids is 1. The van der Waals surface area contributed by atoms with Crippen LogP contribution in [0.1, 0.15) is 32.1 Å². The van der Waals surface area contributed by atoms with Crippen molar-refractivity contribution in [1.29, 1.82) is 0 Å². The van der Waals surface area contributed by atoms with Crippen molar-refractivity contribution in [3.05, 3.63) is 0 Å². The van der Waals surface area contributed by atoms with Gasteiger partial charge in [0, 0.05) is 0 Å². The van der Waals surface area contributed by atoms with Crippen LogP contribution in [0.25, 0.3) is 0 Å². The topological polar surface area (TPSA) is 38.7 Å². The number of hydrogen-bond acceptors (Lipinski definition) is 2. The van der Waals surface area contributed by atoms with Crippen LogP contribution in [-0.4, -0.2) is 17.9 Å². The van der Waals surface area contributed by atoms with Crippen molar-refractivity contribution in [3.8, 4) is 0 Å². The molecule has 0 saturated heterocycles. The summed E-state index contributed by atoms with van der Waals surface area (Å²) in [6, 6.07) is 0. The molecule has 2 aliphatic rings. The van der Waals surface area contributed by atoms with Crippen LogP contribution < -0.4 is 0 Å². The van der Waals surface area contributed by atoms with Gasteiger partial charge in [-0.2, -0.15) is 4.99 Å². The summed E-state index contributed by atoms with van der Waals surface area (Å²) in [4.78, 5) is 14.9. The first-order valence-electron chi connectivity index (χ1n) is 4.08. The standard InChI is InChI=1S/C8H11NO2/c10-7-8(11-6-9-7)4-2-1-3-5-8/h6H,1-5H2. The third-order valence-electron chi connectivity index (χ3n) is 2.50. The molecule has 0 bridgehead atoms. The van der Waals surface area contributed by atoms with Crippen LogP contribution >= 0.6 is 0 Å². The Bertz CT molecular complexity index is 204. The Labute approximate surface area is 65.5 Å². The average Bonchev–Trinajstić information content (AvgIpc) is 2.36. The van der Waals surface area contributed by atoms with Gasteiger partial charge in [0.2, 0.25) is 0 Å². The van der Waals surface area contributed by atoms with Gasteiger partial charge in [0.15, 0.2) is 12.0 Å². The van der Waals surface area contributed by atoms with E-state index in [1.807, 2.05) is 0 Å². The monoisotopic (exact) mass is 153 g/mol. The lowest BCUT2D eigenvalue weighted by molar-refractivity contribution is -0.133. The van der Waals surface area contributed by atoms with E-state index in [1.54, 1.807) is 0 Å². The summed E-state index contributed by atoms with van der Waals surface area (Å²) >= 11 is 0. The van der Waals surface area contributed by atoms with Crippen LogP contribution in [0, 0.1) is 0 Å². The van der Waals surface area contributed by atoms with Crippen LogP contribution in [0.2, 0.25) is 0 Å². The predicted molar refractivity (Wildman–Crippen MR) is 40.4 cm³/mol. The Balaban J connectivity index is 2.15. The van der Waals surface area contributed by atoms with E-state index in [2.05, 4.69) is 4.99 Å². The number of hydrogen-bond donors (Lipinski definition) is 0. The van der Waals surface area contributed by atoms with E-state index >= 15 is 0 Å². The number of amides is 1. The number of rotatable bonds is 0. The summed E-state index contributed by atoms with van der Waals surface area (Å²) in [5, 5.41) is 0. The molecule has 1 heterocycles. The maximum Gasteiger partial charge on any atom is 0.292 e. The Morgan fingerprint density at radius 3 is 2.64 bits per heavy atom. The van der Waals surface area contributed by atoms with E-state index in [0.29, 0.717) is 0 Å². The lowest BCUT2D eigenvalue weighted by atomic mass is 9.84. The summed E-state index contributed by atoms with van der Waals surface area (Å²) in [6.07, 6.45) is 6.41. The summed E-state index contributed by atoms with van der Waals surface area (Å²) in [7, 11) is 0. The zero-order chi connectivity index (χ0) is 7.73. The minimum Gasteiger partial charge on any atom is -0.467 e. The Kier molecular flexibility index (Phi) is 1.44. The molecule has 1 amide bonds. The molecule has 3 nitrogen and oxygen atoms in total. The fraction of sp³-hybridized carbons (Fsp3) is 0.750. The molecular weight excluding hydrogens is 142 g/mol. The Hall–Kier alpha value is -0.860. The van der Waals surface area contributed by atoms with E-state index in [0.717, 1.165) is 25.7 Å². The molecule has 0 aromatic heterocycles. The van der Waals surface area contributed by atoms with Crippen LogP contribution in [0.4, 0.5) is 0 Å². The number of nitrogens with zero attached hydrogens (tertiary/aromatic N) is 1. The van der Waals surface area contributed by atoms with Gasteiger partial charge in [-0.25, -0.2) is 0 Å². The smallest absolute Gasteiger partial charge is 0.292 e. The molecule has 0 N–H and O–H groups in total. The van der Waals surface area contributed by atoms with E-state index < -0.39 is 5.60 Å². The molecule has 0 aromatic rings. The zero-order valence-electron chi connectivity index (χ0n) is 6.38. The molecule has 1 fully saturated rings. The summed E-state index contributed by atoms with van der Waals surface area (Å²) in [5.74, 6) is -0.0720. The summed E-state index contributed by atoms with van der Waals surface area (Å²) < 4.78 is 5.25.